The maximum absolute atomic E-state index is 12.4. The fourth-order valence-corrected chi connectivity index (χ4v) is 3.09. The standard InChI is InChI=1S/C12H23N3O3S/c1-4-15(11-12-7-5-10-18-12)19(16,17)14(3)9-6-8-13-2/h5,7,10,13H,4,6,8-9,11H2,1-3H3. The lowest BCUT2D eigenvalue weighted by Crippen LogP contribution is -2.42. The molecule has 0 spiro atoms. The van der Waals surface area contributed by atoms with E-state index in [1.807, 2.05) is 14.0 Å². The maximum Gasteiger partial charge on any atom is 0.282 e. The van der Waals surface area contributed by atoms with Gasteiger partial charge in [-0.3, -0.25) is 0 Å². The first-order valence-electron chi connectivity index (χ1n) is 6.40. The van der Waals surface area contributed by atoms with Crippen LogP contribution >= 0.6 is 0 Å². The van der Waals surface area contributed by atoms with Crippen molar-refractivity contribution >= 4 is 10.2 Å². The Morgan fingerprint density at radius 2 is 2.16 bits per heavy atom. The van der Waals surface area contributed by atoms with Crippen LogP contribution in [-0.2, 0) is 16.8 Å². The van der Waals surface area contributed by atoms with E-state index in [9.17, 15) is 8.42 Å². The summed E-state index contributed by atoms with van der Waals surface area (Å²) in [6.45, 7) is 3.80. The van der Waals surface area contributed by atoms with Crippen LogP contribution in [0.25, 0.3) is 0 Å². The van der Waals surface area contributed by atoms with E-state index in [1.165, 1.54) is 8.61 Å². The molecule has 1 heterocycles. The Hall–Kier alpha value is -0.890. The van der Waals surface area contributed by atoms with Gasteiger partial charge in [0.1, 0.15) is 5.76 Å². The maximum atomic E-state index is 12.4. The van der Waals surface area contributed by atoms with Gasteiger partial charge in [-0.25, -0.2) is 0 Å². The van der Waals surface area contributed by atoms with Gasteiger partial charge in [-0.2, -0.15) is 17.0 Å². The van der Waals surface area contributed by atoms with E-state index in [-0.39, 0.29) is 6.54 Å². The summed E-state index contributed by atoms with van der Waals surface area (Å²) >= 11 is 0. The lowest BCUT2D eigenvalue weighted by molar-refractivity contribution is 0.337. The molecule has 1 aromatic heterocycles. The van der Waals surface area contributed by atoms with E-state index < -0.39 is 10.2 Å². The summed E-state index contributed by atoms with van der Waals surface area (Å²) in [5, 5.41) is 3.00. The number of nitrogens with one attached hydrogen (secondary N) is 1. The molecule has 1 N–H and O–H groups in total. The number of rotatable bonds is 9. The van der Waals surface area contributed by atoms with Crippen molar-refractivity contribution in [3.05, 3.63) is 24.2 Å². The Balaban J connectivity index is 2.66. The lowest BCUT2D eigenvalue weighted by atomic mass is 10.4. The molecule has 0 bridgehead atoms. The molecular formula is C12H23N3O3S. The van der Waals surface area contributed by atoms with Gasteiger partial charge in [0.05, 0.1) is 12.8 Å². The van der Waals surface area contributed by atoms with Gasteiger partial charge < -0.3 is 9.73 Å². The molecule has 0 aliphatic carbocycles. The van der Waals surface area contributed by atoms with E-state index in [0.29, 0.717) is 18.8 Å². The van der Waals surface area contributed by atoms with Crippen molar-refractivity contribution in [3.63, 3.8) is 0 Å². The van der Waals surface area contributed by atoms with Crippen LogP contribution in [-0.4, -0.2) is 50.8 Å². The molecular weight excluding hydrogens is 266 g/mol. The number of nitrogens with zero attached hydrogens (tertiary/aromatic N) is 2. The quantitative estimate of drug-likeness (QED) is 0.686. The fraction of sp³-hybridized carbons (Fsp3) is 0.667. The highest BCUT2D eigenvalue weighted by Crippen LogP contribution is 2.12. The zero-order chi connectivity index (χ0) is 14.3. The average Bonchev–Trinajstić information content (AvgIpc) is 2.88. The van der Waals surface area contributed by atoms with E-state index >= 15 is 0 Å². The predicted molar refractivity (Wildman–Crippen MR) is 74.9 cm³/mol. The van der Waals surface area contributed by atoms with Gasteiger partial charge in [0.2, 0.25) is 0 Å². The van der Waals surface area contributed by atoms with Crippen molar-refractivity contribution in [1.29, 1.82) is 0 Å². The average molecular weight is 289 g/mol. The van der Waals surface area contributed by atoms with Crippen molar-refractivity contribution in [3.8, 4) is 0 Å². The molecule has 0 aliphatic heterocycles. The number of hydrogen-bond acceptors (Lipinski definition) is 4. The van der Waals surface area contributed by atoms with Crippen LogP contribution in [0.3, 0.4) is 0 Å². The monoisotopic (exact) mass is 289 g/mol. The molecule has 0 fully saturated rings. The van der Waals surface area contributed by atoms with Gasteiger partial charge in [-0.15, -0.1) is 0 Å². The third kappa shape index (κ3) is 4.61. The molecule has 7 heteroatoms. The zero-order valence-corrected chi connectivity index (χ0v) is 12.6. The Bertz CT molecular complexity index is 445. The molecule has 6 nitrogen and oxygen atoms in total. The van der Waals surface area contributed by atoms with Crippen molar-refractivity contribution in [2.75, 3.05) is 33.7 Å². The van der Waals surface area contributed by atoms with Gasteiger partial charge in [-0.05, 0) is 32.1 Å². The van der Waals surface area contributed by atoms with Crippen molar-refractivity contribution < 1.29 is 12.8 Å². The van der Waals surface area contributed by atoms with E-state index in [0.717, 1.165) is 13.0 Å². The Labute approximate surface area is 115 Å². The normalized spacial score (nSPS) is 12.5. The van der Waals surface area contributed by atoms with Crippen LogP contribution in [0.4, 0.5) is 0 Å². The van der Waals surface area contributed by atoms with Crippen molar-refractivity contribution in [1.82, 2.24) is 13.9 Å². The lowest BCUT2D eigenvalue weighted by Gasteiger charge is -2.25. The largest absolute Gasteiger partial charge is 0.468 e. The van der Waals surface area contributed by atoms with Gasteiger partial charge >= 0.3 is 0 Å². The summed E-state index contributed by atoms with van der Waals surface area (Å²) in [7, 11) is 0.0291. The zero-order valence-electron chi connectivity index (χ0n) is 11.8. The van der Waals surface area contributed by atoms with Gasteiger partial charge in [0.15, 0.2) is 0 Å². The molecule has 0 amide bonds. The summed E-state index contributed by atoms with van der Waals surface area (Å²) in [5.74, 6) is 0.647. The molecule has 0 unspecified atom stereocenters. The fourth-order valence-electron chi connectivity index (χ4n) is 1.72. The highest BCUT2D eigenvalue weighted by Gasteiger charge is 2.26. The third-order valence-electron chi connectivity index (χ3n) is 2.88. The molecule has 110 valence electrons. The van der Waals surface area contributed by atoms with Gasteiger partial charge in [0.25, 0.3) is 10.2 Å². The van der Waals surface area contributed by atoms with Crippen LogP contribution in [0.2, 0.25) is 0 Å². The van der Waals surface area contributed by atoms with Crippen LogP contribution in [0.5, 0.6) is 0 Å². The van der Waals surface area contributed by atoms with Crippen LogP contribution in [0.1, 0.15) is 19.1 Å². The predicted octanol–water partition coefficient (Wildman–Crippen LogP) is 0.888. The third-order valence-corrected chi connectivity index (χ3v) is 4.90. The van der Waals surface area contributed by atoms with Gasteiger partial charge in [0, 0.05) is 20.1 Å². The Morgan fingerprint density at radius 1 is 1.42 bits per heavy atom. The first-order valence-corrected chi connectivity index (χ1v) is 7.80. The van der Waals surface area contributed by atoms with E-state index in [2.05, 4.69) is 5.32 Å². The summed E-state index contributed by atoms with van der Waals surface area (Å²) in [6.07, 6.45) is 2.33. The molecule has 0 aromatic carbocycles. The second-order valence-corrected chi connectivity index (χ2v) is 6.33. The van der Waals surface area contributed by atoms with Crippen LogP contribution < -0.4 is 5.32 Å². The smallest absolute Gasteiger partial charge is 0.282 e. The molecule has 0 aliphatic rings. The summed E-state index contributed by atoms with van der Waals surface area (Å²) in [5.41, 5.74) is 0. The molecule has 19 heavy (non-hydrogen) atoms. The minimum absolute atomic E-state index is 0.266. The molecule has 0 atom stereocenters. The Morgan fingerprint density at radius 3 is 2.68 bits per heavy atom. The number of hydrogen-bond donors (Lipinski definition) is 1. The molecule has 1 rings (SSSR count). The minimum atomic E-state index is -3.43. The second kappa shape index (κ2) is 7.64. The van der Waals surface area contributed by atoms with E-state index in [4.69, 9.17) is 4.42 Å². The molecule has 1 aromatic rings. The highest BCUT2D eigenvalue weighted by molar-refractivity contribution is 7.86. The molecule has 0 radical (unpaired) electrons. The van der Waals surface area contributed by atoms with Crippen LogP contribution in [0.15, 0.2) is 22.8 Å². The van der Waals surface area contributed by atoms with Crippen molar-refractivity contribution in [2.24, 2.45) is 0 Å². The SMILES string of the molecule is CCN(Cc1ccco1)S(=O)(=O)N(C)CCCNC. The topological polar surface area (TPSA) is 65.8 Å². The first-order chi connectivity index (χ1) is 9.02. The molecule has 0 saturated heterocycles. The molecule has 0 saturated carbocycles. The number of furan rings is 1. The highest BCUT2D eigenvalue weighted by atomic mass is 32.2. The van der Waals surface area contributed by atoms with Crippen molar-refractivity contribution in [2.45, 2.75) is 19.9 Å². The summed E-state index contributed by atoms with van der Waals surface area (Å²) in [6, 6.07) is 3.53. The first kappa shape index (κ1) is 16.2. The van der Waals surface area contributed by atoms with Crippen LogP contribution in [0, 0.1) is 0 Å². The summed E-state index contributed by atoms with van der Waals surface area (Å²) in [4.78, 5) is 0. The second-order valence-electron chi connectivity index (χ2n) is 4.29. The van der Waals surface area contributed by atoms with E-state index in [1.54, 1.807) is 25.4 Å². The minimum Gasteiger partial charge on any atom is -0.468 e. The summed E-state index contributed by atoms with van der Waals surface area (Å²) < 4.78 is 32.7. The Kier molecular flexibility index (Phi) is 6.50. The van der Waals surface area contributed by atoms with Gasteiger partial charge in [-0.1, -0.05) is 6.92 Å².